The number of anilines is 1. The second-order valence-corrected chi connectivity index (χ2v) is 4.30. The molecule has 0 fully saturated rings. The Bertz CT molecular complexity index is 465. The molecule has 4 heteroatoms. The van der Waals surface area contributed by atoms with Gasteiger partial charge in [-0.1, -0.05) is 11.6 Å². The Labute approximate surface area is 106 Å². The minimum absolute atomic E-state index is 0.187. The van der Waals surface area contributed by atoms with E-state index in [0.29, 0.717) is 10.6 Å². The van der Waals surface area contributed by atoms with Gasteiger partial charge in [-0.25, -0.2) is 0 Å². The molecule has 1 atom stereocenters. The maximum Gasteiger partial charge on any atom is 0.115 e. The molecule has 1 unspecified atom stereocenters. The number of hydrogen-bond acceptors (Lipinski definition) is 3. The van der Waals surface area contributed by atoms with Crippen molar-refractivity contribution < 1.29 is 4.74 Å². The number of hydrogen-bond donors (Lipinski definition) is 1. The van der Waals surface area contributed by atoms with E-state index in [0.717, 1.165) is 25.1 Å². The number of ether oxygens (including phenoxy) is 1. The first-order chi connectivity index (χ1) is 8.29. The zero-order chi connectivity index (χ0) is 12.1. The molecule has 0 radical (unpaired) electrons. The van der Waals surface area contributed by atoms with Gasteiger partial charge in [-0.05, 0) is 37.1 Å². The Hall–Kier alpha value is -1.66. The second-order valence-electron chi connectivity index (χ2n) is 3.89. The lowest BCUT2D eigenvalue weighted by Crippen LogP contribution is -2.23. The summed E-state index contributed by atoms with van der Waals surface area (Å²) in [6, 6.07) is 7.28. The molecule has 1 heterocycles. The summed E-state index contributed by atoms with van der Waals surface area (Å²) in [6.07, 6.45) is 6.01. The molecule has 3 nitrogen and oxygen atoms in total. The maximum absolute atomic E-state index is 8.73. The average molecular weight is 249 g/mol. The average Bonchev–Trinajstić information content (AvgIpc) is 2.38. The van der Waals surface area contributed by atoms with E-state index in [1.54, 1.807) is 18.4 Å². The van der Waals surface area contributed by atoms with Crippen molar-refractivity contribution in [1.82, 2.24) is 0 Å². The van der Waals surface area contributed by atoms with E-state index in [-0.39, 0.29) is 6.10 Å². The standard InChI is InChI=1S/C13H13ClN2O/c14-12-7-10(8-15)4-5-13(12)16-9-11-3-1-2-6-17-11/h2,4-7,11,16H,1,3,9H2. The van der Waals surface area contributed by atoms with E-state index >= 15 is 0 Å². The number of halogens is 1. The summed E-state index contributed by atoms with van der Waals surface area (Å²) in [5.41, 5.74) is 1.40. The van der Waals surface area contributed by atoms with Crippen LogP contribution in [0.3, 0.4) is 0 Å². The van der Waals surface area contributed by atoms with Crippen molar-refractivity contribution in [3.8, 4) is 6.07 Å². The van der Waals surface area contributed by atoms with Crippen molar-refractivity contribution in [3.63, 3.8) is 0 Å². The van der Waals surface area contributed by atoms with Gasteiger partial charge in [0, 0.05) is 0 Å². The van der Waals surface area contributed by atoms with Crippen LogP contribution >= 0.6 is 11.6 Å². The molecule has 0 aromatic heterocycles. The van der Waals surface area contributed by atoms with Gasteiger partial charge in [0.15, 0.2) is 0 Å². The van der Waals surface area contributed by atoms with E-state index in [1.165, 1.54) is 0 Å². The molecule has 1 aliphatic rings. The van der Waals surface area contributed by atoms with Gasteiger partial charge in [-0.3, -0.25) is 0 Å². The Morgan fingerprint density at radius 3 is 3.06 bits per heavy atom. The maximum atomic E-state index is 8.73. The normalized spacial score (nSPS) is 18.2. The quantitative estimate of drug-likeness (QED) is 0.893. The van der Waals surface area contributed by atoms with E-state index in [2.05, 4.69) is 11.4 Å². The number of nitrogens with zero attached hydrogens (tertiary/aromatic N) is 1. The Balaban J connectivity index is 1.95. The summed E-state index contributed by atoms with van der Waals surface area (Å²) in [5, 5.41) is 12.5. The highest BCUT2D eigenvalue weighted by atomic mass is 35.5. The number of nitrogens with one attached hydrogen (secondary N) is 1. The van der Waals surface area contributed by atoms with Crippen LogP contribution in [0.2, 0.25) is 5.02 Å². The molecule has 2 rings (SSSR count). The van der Waals surface area contributed by atoms with Gasteiger partial charge in [0.1, 0.15) is 6.10 Å². The summed E-state index contributed by atoms with van der Waals surface area (Å²) in [5.74, 6) is 0. The first-order valence-electron chi connectivity index (χ1n) is 5.53. The molecule has 1 aliphatic heterocycles. The van der Waals surface area contributed by atoms with Gasteiger partial charge >= 0.3 is 0 Å². The fourth-order valence-electron chi connectivity index (χ4n) is 1.69. The van der Waals surface area contributed by atoms with E-state index in [1.807, 2.05) is 12.1 Å². The summed E-state index contributed by atoms with van der Waals surface area (Å²) >= 11 is 6.06. The van der Waals surface area contributed by atoms with Crippen LogP contribution in [-0.4, -0.2) is 12.6 Å². The van der Waals surface area contributed by atoms with Crippen molar-refractivity contribution in [2.75, 3.05) is 11.9 Å². The molecule has 17 heavy (non-hydrogen) atoms. The van der Waals surface area contributed by atoms with Crippen molar-refractivity contribution in [1.29, 1.82) is 5.26 Å². The summed E-state index contributed by atoms with van der Waals surface area (Å²) in [4.78, 5) is 0. The molecular weight excluding hydrogens is 236 g/mol. The number of rotatable bonds is 3. The third-order valence-corrected chi connectivity index (χ3v) is 2.95. The molecule has 88 valence electrons. The predicted molar refractivity (Wildman–Crippen MR) is 67.9 cm³/mol. The Morgan fingerprint density at radius 1 is 1.53 bits per heavy atom. The summed E-state index contributed by atoms with van der Waals surface area (Å²) in [6.45, 7) is 0.718. The minimum atomic E-state index is 0.187. The topological polar surface area (TPSA) is 45.0 Å². The Morgan fingerprint density at radius 2 is 2.41 bits per heavy atom. The summed E-state index contributed by atoms with van der Waals surface area (Å²) in [7, 11) is 0. The van der Waals surface area contributed by atoms with E-state index < -0.39 is 0 Å². The number of allylic oxidation sites excluding steroid dienone is 1. The van der Waals surface area contributed by atoms with Crippen molar-refractivity contribution >= 4 is 17.3 Å². The highest BCUT2D eigenvalue weighted by Gasteiger charge is 2.11. The molecule has 0 amide bonds. The van der Waals surface area contributed by atoms with Crippen LogP contribution in [0.4, 0.5) is 5.69 Å². The number of benzene rings is 1. The van der Waals surface area contributed by atoms with Gasteiger partial charge in [-0.2, -0.15) is 5.26 Å². The first-order valence-corrected chi connectivity index (χ1v) is 5.91. The molecule has 0 saturated carbocycles. The highest BCUT2D eigenvalue weighted by molar-refractivity contribution is 6.33. The zero-order valence-electron chi connectivity index (χ0n) is 9.32. The molecule has 0 spiro atoms. The van der Waals surface area contributed by atoms with Crippen LogP contribution in [0.5, 0.6) is 0 Å². The highest BCUT2D eigenvalue weighted by Crippen LogP contribution is 2.23. The zero-order valence-corrected chi connectivity index (χ0v) is 10.1. The van der Waals surface area contributed by atoms with Gasteiger partial charge in [-0.15, -0.1) is 0 Å². The van der Waals surface area contributed by atoms with Gasteiger partial charge in [0.2, 0.25) is 0 Å². The van der Waals surface area contributed by atoms with Crippen LogP contribution in [-0.2, 0) is 4.74 Å². The lowest BCUT2D eigenvalue weighted by molar-refractivity contribution is 0.135. The van der Waals surface area contributed by atoms with Crippen LogP contribution in [0.25, 0.3) is 0 Å². The Kier molecular flexibility index (Phi) is 3.89. The third-order valence-electron chi connectivity index (χ3n) is 2.64. The molecule has 1 aromatic rings. The minimum Gasteiger partial charge on any atom is -0.497 e. The van der Waals surface area contributed by atoms with E-state index in [4.69, 9.17) is 21.6 Å². The van der Waals surface area contributed by atoms with Crippen molar-refractivity contribution in [3.05, 3.63) is 41.1 Å². The van der Waals surface area contributed by atoms with Gasteiger partial charge in [0.25, 0.3) is 0 Å². The lowest BCUT2D eigenvalue weighted by Gasteiger charge is -2.20. The monoisotopic (exact) mass is 248 g/mol. The van der Waals surface area contributed by atoms with Crippen LogP contribution in [0.15, 0.2) is 30.5 Å². The van der Waals surface area contributed by atoms with Gasteiger partial charge in [0.05, 0.1) is 35.1 Å². The first kappa shape index (κ1) is 11.8. The number of nitriles is 1. The van der Waals surface area contributed by atoms with Crippen molar-refractivity contribution in [2.45, 2.75) is 18.9 Å². The lowest BCUT2D eigenvalue weighted by atomic mass is 10.1. The third kappa shape index (κ3) is 3.15. The molecular formula is C13H13ClN2O. The fourth-order valence-corrected chi connectivity index (χ4v) is 1.93. The summed E-state index contributed by atoms with van der Waals surface area (Å²) < 4.78 is 5.45. The van der Waals surface area contributed by atoms with Crippen LogP contribution in [0.1, 0.15) is 18.4 Å². The van der Waals surface area contributed by atoms with Gasteiger partial charge < -0.3 is 10.1 Å². The second kappa shape index (κ2) is 5.60. The molecule has 0 aliphatic carbocycles. The fraction of sp³-hybridized carbons (Fsp3) is 0.308. The molecule has 0 bridgehead atoms. The van der Waals surface area contributed by atoms with Crippen LogP contribution < -0.4 is 5.32 Å². The van der Waals surface area contributed by atoms with Crippen molar-refractivity contribution in [2.24, 2.45) is 0 Å². The predicted octanol–water partition coefficient (Wildman–Crippen LogP) is 3.32. The molecule has 0 saturated heterocycles. The smallest absolute Gasteiger partial charge is 0.115 e. The van der Waals surface area contributed by atoms with E-state index in [9.17, 15) is 0 Å². The van der Waals surface area contributed by atoms with Crippen LogP contribution in [0, 0.1) is 11.3 Å². The molecule has 1 aromatic carbocycles. The SMILES string of the molecule is N#Cc1ccc(NCC2CCC=CO2)c(Cl)c1. The molecule has 1 N–H and O–H groups in total. The largest absolute Gasteiger partial charge is 0.497 e.